The first-order valence-corrected chi connectivity index (χ1v) is 6.45. The number of H-pyrrole nitrogens is 1. The summed E-state index contributed by atoms with van der Waals surface area (Å²) in [7, 11) is 0. The molecule has 8 nitrogen and oxygen atoms in total. The Bertz CT molecular complexity index is 703. The van der Waals surface area contributed by atoms with Gasteiger partial charge in [-0.15, -0.1) is 0 Å². The number of hydrogen-bond donors (Lipinski definition) is 3. The van der Waals surface area contributed by atoms with E-state index in [1.165, 1.54) is 12.1 Å². The zero-order valence-corrected chi connectivity index (χ0v) is 11.0. The third-order valence-electron chi connectivity index (χ3n) is 3.07. The molecule has 2 aromatic heterocycles. The van der Waals surface area contributed by atoms with Gasteiger partial charge >= 0.3 is 11.7 Å². The van der Waals surface area contributed by atoms with Crippen LogP contribution in [-0.4, -0.2) is 25.8 Å². The van der Waals surface area contributed by atoms with Crippen LogP contribution in [0.5, 0.6) is 0 Å². The molecule has 0 bridgehead atoms. The summed E-state index contributed by atoms with van der Waals surface area (Å²) in [6.45, 7) is 0.113. The SMILES string of the molecule is O=C(NCc1n[nH]c(=O)n1C1CC1)Nc1ccc(F)cn1. The minimum atomic E-state index is -0.507. The molecule has 1 fully saturated rings. The maximum absolute atomic E-state index is 12.7. The van der Waals surface area contributed by atoms with E-state index in [0.29, 0.717) is 5.82 Å². The van der Waals surface area contributed by atoms with Gasteiger partial charge in [-0.25, -0.2) is 24.1 Å². The van der Waals surface area contributed by atoms with Gasteiger partial charge in [0.25, 0.3) is 0 Å². The number of amides is 2. The fraction of sp³-hybridized carbons (Fsp3) is 0.333. The van der Waals surface area contributed by atoms with Gasteiger partial charge in [0.15, 0.2) is 5.82 Å². The first kappa shape index (κ1) is 13.3. The molecule has 0 radical (unpaired) electrons. The molecule has 0 aliphatic heterocycles. The van der Waals surface area contributed by atoms with Crippen molar-refractivity contribution in [2.24, 2.45) is 0 Å². The normalized spacial score (nSPS) is 14.0. The van der Waals surface area contributed by atoms with Crippen LogP contribution in [-0.2, 0) is 6.54 Å². The van der Waals surface area contributed by atoms with Crippen molar-refractivity contribution in [3.63, 3.8) is 0 Å². The van der Waals surface area contributed by atoms with E-state index in [-0.39, 0.29) is 24.1 Å². The van der Waals surface area contributed by atoms with Crippen molar-refractivity contribution in [1.82, 2.24) is 25.1 Å². The monoisotopic (exact) mass is 292 g/mol. The molecule has 0 aromatic carbocycles. The van der Waals surface area contributed by atoms with Crippen LogP contribution in [0.1, 0.15) is 24.7 Å². The number of nitrogens with one attached hydrogen (secondary N) is 3. The number of carbonyl (C=O) groups excluding carboxylic acids is 1. The summed E-state index contributed by atoms with van der Waals surface area (Å²) in [5, 5.41) is 11.3. The van der Waals surface area contributed by atoms with Gasteiger partial charge in [0.1, 0.15) is 11.6 Å². The maximum Gasteiger partial charge on any atom is 0.343 e. The number of hydrogen-bond acceptors (Lipinski definition) is 4. The Hall–Kier alpha value is -2.71. The largest absolute Gasteiger partial charge is 0.343 e. The minimum absolute atomic E-state index is 0.113. The number of carbonyl (C=O) groups is 1. The molecule has 21 heavy (non-hydrogen) atoms. The lowest BCUT2D eigenvalue weighted by Crippen LogP contribution is -2.30. The number of rotatable bonds is 4. The molecule has 110 valence electrons. The van der Waals surface area contributed by atoms with Gasteiger partial charge in [0.2, 0.25) is 0 Å². The van der Waals surface area contributed by atoms with Gasteiger partial charge in [0, 0.05) is 6.04 Å². The van der Waals surface area contributed by atoms with Gasteiger partial charge in [-0.05, 0) is 25.0 Å². The molecule has 0 unspecified atom stereocenters. The van der Waals surface area contributed by atoms with Gasteiger partial charge < -0.3 is 5.32 Å². The van der Waals surface area contributed by atoms with Crippen molar-refractivity contribution in [3.8, 4) is 0 Å². The first-order chi connectivity index (χ1) is 10.1. The van der Waals surface area contributed by atoms with Crippen LogP contribution in [0.25, 0.3) is 0 Å². The number of urea groups is 1. The summed E-state index contributed by atoms with van der Waals surface area (Å²) in [5.41, 5.74) is -0.269. The minimum Gasteiger partial charge on any atom is -0.331 e. The summed E-state index contributed by atoms with van der Waals surface area (Å²) < 4.78 is 14.2. The molecule has 2 aromatic rings. The Morgan fingerprint density at radius 2 is 2.29 bits per heavy atom. The Morgan fingerprint density at radius 3 is 2.95 bits per heavy atom. The Balaban J connectivity index is 1.58. The second-order valence-electron chi connectivity index (χ2n) is 4.72. The summed E-state index contributed by atoms with van der Waals surface area (Å²) in [6, 6.07) is 2.21. The van der Waals surface area contributed by atoms with E-state index >= 15 is 0 Å². The zero-order valence-electron chi connectivity index (χ0n) is 11.0. The van der Waals surface area contributed by atoms with Crippen LogP contribution in [0.15, 0.2) is 23.1 Å². The van der Waals surface area contributed by atoms with E-state index < -0.39 is 11.8 Å². The lowest BCUT2D eigenvalue weighted by molar-refractivity contribution is 0.251. The van der Waals surface area contributed by atoms with Gasteiger partial charge in [-0.3, -0.25) is 9.88 Å². The molecule has 1 aliphatic rings. The highest BCUT2D eigenvalue weighted by Crippen LogP contribution is 2.33. The molecule has 0 atom stereocenters. The van der Waals surface area contributed by atoms with Gasteiger partial charge in [0.05, 0.1) is 12.7 Å². The van der Waals surface area contributed by atoms with E-state index in [0.717, 1.165) is 19.0 Å². The predicted octanol–water partition coefficient (Wildman–Crippen LogP) is 0.762. The van der Waals surface area contributed by atoms with Crippen molar-refractivity contribution in [2.75, 3.05) is 5.32 Å². The Morgan fingerprint density at radius 1 is 1.48 bits per heavy atom. The van der Waals surface area contributed by atoms with Crippen LogP contribution in [0, 0.1) is 5.82 Å². The molecule has 1 saturated carbocycles. The third-order valence-corrected chi connectivity index (χ3v) is 3.07. The molecule has 0 saturated heterocycles. The van der Waals surface area contributed by atoms with E-state index in [4.69, 9.17) is 0 Å². The first-order valence-electron chi connectivity index (χ1n) is 6.45. The van der Waals surface area contributed by atoms with Gasteiger partial charge in [-0.2, -0.15) is 5.10 Å². The summed E-state index contributed by atoms with van der Waals surface area (Å²) in [5.74, 6) is 0.228. The number of aromatic nitrogens is 4. The Kier molecular flexibility index (Phi) is 3.38. The summed E-state index contributed by atoms with van der Waals surface area (Å²) >= 11 is 0. The lowest BCUT2D eigenvalue weighted by Gasteiger charge is -2.07. The summed E-state index contributed by atoms with van der Waals surface area (Å²) in [4.78, 5) is 27.0. The number of nitrogens with zero attached hydrogens (tertiary/aromatic N) is 3. The van der Waals surface area contributed by atoms with Crippen molar-refractivity contribution in [3.05, 3.63) is 40.5 Å². The van der Waals surface area contributed by atoms with Crippen LogP contribution in [0.3, 0.4) is 0 Å². The number of halogens is 1. The van der Waals surface area contributed by atoms with Crippen molar-refractivity contribution < 1.29 is 9.18 Å². The van der Waals surface area contributed by atoms with Crippen LogP contribution >= 0.6 is 0 Å². The molecule has 1 aliphatic carbocycles. The number of anilines is 1. The fourth-order valence-electron chi connectivity index (χ4n) is 1.94. The van der Waals surface area contributed by atoms with E-state index in [9.17, 15) is 14.0 Å². The maximum atomic E-state index is 12.7. The topological polar surface area (TPSA) is 105 Å². The van der Waals surface area contributed by atoms with Crippen molar-refractivity contribution in [2.45, 2.75) is 25.4 Å². The molecule has 9 heteroatoms. The molecule has 0 spiro atoms. The van der Waals surface area contributed by atoms with Crippen LogP contribution in [0.2, 0.25) is 0 Å². The molecule has 3 N–H and O–H groups in total. The second-order valence-corrected chi connectivity index (χ2v) is 4.72. The molecular weight excluding hydrogens is 279 g/mol. The van der Waals surface area contributed by atoms with Crippen molar-refractivity contribution in [1.29, 1.82) is 0 Å². The predicted molar refractivity (Wildman–Crippen MR) is 71.2 cm³/mol. The van der Waals surface area contributed by atoms with Crippen LogP contribution in [0.4, 0.5) is 15.0 Å². The lowest BCUT2D eigenvalue weighted by atomic mass is 10.4. The Labute approximate surface area is 118 Å². The van der Waals surface area contributed by atoms with Crippen LogP contribution < -0.4 is 16.3 Å². The zero-order chi connectivity index (χ0) is 14.8. The third kappa shape index (κ3) is 3.07. The standard InChI is InChI=1S/C12H13FN6O2/c13-7-1-4-9(14-5-7)16-11(20)15-6-10-17-18-12(21)19(10)8-2-3-8/h1,4-5,8H,2-3,6H2,(H,18,21)(H2,14,15,16,20). The smallest absolute Gasteiger partial charge is 0.331 e. The number of pyridine rings is 1. The van der Waals surface area contributed by atoms with Gasteiger partial charge in [-0.1, -0.05) is 0 Å². The summed E-state index contributed by atoms with van der Waals surface area (Å²) in [6.07, 6.45) is 2.89. The highest BCUT2D eigenvalue weighted by atomic mass is 19.1. The highest BCUT2D eigenvalue weighted by molar-refractivity contribution is 5.87. The average molecular weight is 292 g/mol. The quantitative estimate of drug-likeness (QED) is 0.773. The number of aromatic amines is 1. The molecule has 2 heterocycles. The van der Waals surface area contributed by atoms with E-state index in [1.54, 1.807) is 4.57 Å². The van der Waals surface area contributed by atoms with Crippen molar-refractivity contribution >= 4 is 11.8 Å². The fourth-order valence-corrected chi connectivity index (χ4v) is 1.94. The van der Waals surface area contributed by atoms with E-state index in [2.05, 4.69) is 25.8 Å². The molecule has 3 rings (SSSR count). The molecular formula is C12H13FN6O2. The second kappa shape index (κ2) is 5.35. The van der Waals surface area contributed by atoms with E-state index in [1.807, 2.05) is 0 Å². The average Bonchev–Trinajstić information content (AvgIpc) is 3.23. The highest BCUT2D eigenvalue weighted by Gasteiger charge is 2.28. The molecule has 2 amide bonds.